The second-order valence-corrected chi connectivity index (χ2v) is 8.41. The van der Waals surface area contributed by atoms with Crippen LogP contribution in [0.3, 0.4) is 0 Å². The number of rotatable bonds is 5. The number of amides is 2. The molecule has 0 aliphatic carbocycles. The van der Waals surface area contributed by atoms with Crippen LogP contribution in [0.2, 0.25) is 0 Å². The van der Waals surface area contributed by atoms with Crippen LogP contribution in [0.15, 0.2) is 60.8 Å². The van der Waals surface area contributed by atoms with E-state index in [0.29, 0.717) is 19.8 Å². The van der Waals surface area contributed by atoms with Crippen LogP contribution in [0, 0.1) is 5.41 Å². The number of urea groups is 1. The number of aromatic nitrogens is 1. The van der Waals surface area contributed by atoms with Gasteiger partial charge in [-0.25, -0.2) is 4.79 Å². The molecule has 3 aromatic rings. The summed E-state index contributed by atoms with van der Waals surface area (Å²) < 4.78 is 5.38. The molecule has 8 nitrogen and oxygen atoms in total. The monoisotopic (exact) mass is 432 g/mol. The molecule has 2 atom stereocenters. The van der Waals surface area contributed by atoms with Crippen molar-refractivity contribution in [3.05, 3.63) is 60.8 Å². The minimum atomic E-state index is -0.503. The van der Waals surface area contributed by atoms with Gasteiger partial charge in [0.25, 0.3) is 0 Å². The lowest BCUT2D eigenvalue weighted by Gasteiger charge is -2.52. The average Bonchev–Trinajstić information content (AvgIpc) is 3.25. The lowest BCUT2D eigenvalue weighted by atomic mass is 9.92. The van der Waals surface area contributed by atoms with Gasteiger partial charge in [-0.05, 0) is 49.2 Å². The van der Waals surface area contributed by atoms with E-state index < -0.39 is 6.04 Å². The SMILES string of the molecule is N=C(N)C1C(N(c2ccccc2)c2ccc3[nH]ccc3c2)CN1C(=O)NC1CCOCC1. The highest BCUT2D eigenvalue weighted by Gasteiger charge is 2.48. The first kappa shape index (κ1) is 20.4. The Balaban J connectivity index is 1.43. The molecule has 1 aromatic heterocycles. The molecule has 2 aromatic carbocycles. The van der Waals surface area contributed by atoms with Crippen LogP contribution in [-0.4, -0.2) is 59.6 Å². The lowest BCUT2D eigenvalue weighted by Crippen LogP contribution is -2.73. The molecule has 2 aliphatic heterocycles. The fraction of sp³-hybridized carbons (Fsp3) is 0.333. The van der Waals surface area contributed by atoms with Gasteiger partial charge in [0.05, 0.1) is 6.04 Å². The van der Waals surface area contributed by atoms with Crippen molar-refractivity contribution in [3.8, 4) is 0 Å². The minimum Gasteiger partial charge on any atom is -0.386 e. The molecule has 5 rings (SSSR count). The number of fused-ring (bicyclic) bond motifs is 1. The standard InChI is InChI=1S/C24H28N6O2/c25-23(26)22-21(15-29(22)24(31)28-17-9-12-32-13-10-17)30(18-4-2-1-3-5-18)19-6-7-20-16(14-19)8-11-27-20/h1-8,11,14,17,21-22,27H,9-10,12-13,15H2,(H3,25,26)(H,28,31). The van der Waals surface area contributed by atoms with E-state index in [1.54, 1.807) is 4.90 Å². The number of para-hydroxylation sites is 1. The average molecular weight is 433 g/mol. The number of nitrogens with one attached hydrogen (secondary N) is 3. The molecule has 0 bridgehead atoms. The summed E-state index contributed by atoms with van der Waals surface area (Å²) in [5, 5.41) is 12.5. The van der Waals surface area contributed by atoms with E-state index >= 15 is 0 Å². The van der Waals surface area contributed by atoms with Crippen molar-refractivity contribution < 1.29 is 9.53 Å². The highest BCUT2D eigenvalue weighted by molar-refractivity contribution is 5.92. The van der Waals surface area contributed by atoms with E-state index in [9.17, 15) is 4.79 Å². The zero-order valence-corrected chi connectivity index (χ0v) is 17.8. The molecule has 0 radical (unpaired) electrons. The fourth-order valence-electron chi connectivity index (χ4n) is 4.70. The molecule has 2 unspecified atom stereocenters. The molecule has 32 heavy (non-hydrogen) atoms. The number of aromatic amines is 1. The van der Waals surface area contributed by atoms with Crippen LogP contribution in [0.25, 0.3) is 10.9 Å². The van der Waals surface area contributed by atoms with Gasteiger partial charge in [-0.15, -0.1) is 0 Å². The number of hydrogen-bond acceptors (Lipinski definition) is 4. The highest BCUT2D eigenvalue weighted by Crippen LogP contribution is 2.36. The Labute approximate surface area is 186 Å². The quantitative estimate of drug-likeness (QED) is 0.367. The molecule has 2 fully saturated rings. The van der Waals surface area contributed by atoms with Crippen LogP contribution >= 0.6 is 0 Å². The Kier molecular flexibility index (Phi) is 5.45. The number of carbonyl (C=O) groups is 1. The van der Waals surface area contributed by atoms with Gasteiger partial charge in [-0.2, -0.15) is 0 Å². The lowest BCUT2D eigenvalue weighted by molar-refractivity contribution is 0.0729. The summed E-state index contributed by atoms with van der Waals surface area (Å²) in [6.07, 6.45) is 3.53. The molecule has 2 saturated heterocycles. The Morgan fingerprint density at radius 1 is 1.12 bits per heavy atom. The number of H-pyrrole nitrogens is 1. The number of nitrogens with zero attached hydrogens (tertiary/aromatic N) is 2. The molecule has 8 heteroatoms. The minimum absolute atomic E-state index is 0.00738. The zero-order chi connectivity index (χ0) is 22.1. The summed E-state index contributed by atoms with van der Waals surface area (Å²) in [4.78, 5) is 20.1. The van der Waals surface area contributed by atoms with Gasteiger partial charge in [-0.3, -0.25) is 5.41 Å². The number of amidine groups is 1. The summed E-state index contributed by atoms with van der Waals surface area (Å²) in [5.41, 5.74) is 9.10. The van der Waals surface area contributed by atoms with E-state index in [-0.39, 0.29) is 24.0 Å². The van der Waals surface area contributed by atoms with E-state index in [4.69, 9.17) is 15.9 Å². The van der Waals surface area contributed by atoms with Gasteiger partial charge in [0.15, 0.2) is 0 Å². The maximum atomic E-state index is 13.0. The Morgan fingerprint density at radius 2 is 1.91 bits per heavy atom. The first-order valence-electron chi connectivity index (χ1n) is 11.0. The van der Waals surface area contributed by atoms with Gasteiger partial charge >= 0.3 is 6.03 Å². The third-order valence-corrected chi connectivity index (χ3v) is 6.39. The van der Waals surface area contributed by atoms with E-state index in [1.807, 2.05) is 42.6 Å². The maximum absolute atomic E-state index is 13.0. The smallest absolute Gasteiger partial charge is 0.318 e. The number of hydrogen-bond donors (Lipinski definition) is 4. The summed E-state index contributed by atoms with van der Waals surface area (Å²) in [7, 11) is 0. The van der Waals surface area contributed by atoms with Crippen molar-refractivity contribution in [3.63, 3.8) is 0 Å². The zero-order valence-electron chi connectivity index (χ0n) is 17.8. The number of ether oxygens (including phenoxy) is 1. The normalized spacial score (nSPS) is 21.2. The third kappa shape index (κ3) is 3.78. The highest BCUT2D eigenvalue weighted by atomic mass is 16.5. The largest absolute Gasteiger partial charge is 0.386 e. The summed E-state index contributed by atoms with van der Waals surface area (Å²) >= 11 is 0. The topological polar surface area (TPSA) is 110 Å². The third-order valence-electron chi connectivity index (χ3n) is 6.39. The molecule has 2 aliphatic rings. The van der Waals surface area contributed by atoms with Crippen molar-refractivity contribution in [1.82, 2.24) is 15.2 Å². The van der Waals surface area contributed by atoms with Gasteiger partial charge in [0, 0.05) is 54.3 Å². The van der Waals surface area contributed by atoms with Crippen LogP contribution in [0.1, 0.15) is 12.8 Å². The molecule has 0 saturated carbocycles. The summed E-state index contributed by atoms with van der Waals surface area (Å²) in [6.45, 7) is 1.81. The molecular formula is C24H28N6O2. The van der Waals surface area contributed by atoms with E-state index in [1.165, 1.54) is 0 Å². The summed E-state index contributed by atoms with van der Waals surface area (Å²) in [5.74, 6) is -0.00738. The van der Waals surface area contributed by atoms with Crippen LogP contribution in [-0.2, 0) is 4.74 Å². The summed E-state index contributed by atoms with van der Waals surface area (Å²) in [6, 6.07) is 17.6. The van der Waals surface area contributed by atoms with Crippen LogP contribution in [0.5, 0.6) is 0 Å². The van der Waals surface area contributed by atoms with Crippen molar-refractivity contribution >= 4 is 34.1 Å². The first-order valence-corrected chi connectivity index (χ1v) is 11.0. The van der Waals surface area contributed by atoms with Crippen molar-refractivity contribution in [2.75, 3.05) is 24.7 Å². The maximum Gasteiger partial charge on any atom is 0.318 e. The van der Waals surface area contributed by atoms with Crippen molar-refractivity contribution in [2.45, 2.75) is 31.0 Å². The van der Waals surface area contributed by atoms with E-state index in [0.717, 1.165) is 35.1 Å². The predicted octanol–water partition coefficient (Wildman–Crippen LogP) is 3.18. The Morgan fingerprint density at radius 3 is 2.66 bits per heavy atom. The number of likely N-dealkylation sites (tertiary alicyclic amines) is 1. The molecule has 3 heterocycles. The van der Waals surface area contributed by atoms with Crippen LogP contribution < -0.4 is 16.0 Å². The van der Waals surface area contributed by atoms with Crippen LogP contribution in [0.4, 0.5) is 16.2 Å². The Hall–Kier alpha value is -3.52. The number of anilines is 2. The second-order valence-electron chi connectivity index (χ2n) is 8.41. The van der Waals surface area contributed by atoms with E-state index in [2.05, 4.69) is 33.4 Å². The predicted molar refractivity (Wildman–Crippen MR) is 125 cm³/mol. The number of carbonyl (C=O) groups excluding carboxylic acids is 1. The van der Waals surface area contributed by atoms with Crippen molar-refractivity contribution in [1.29, 1.82) is 5.41 Å². The van der Waals surface area contributed by atoms with Gasteiger partial charge in [0.1, 0.15) is 11.9 Å². The molecule has 2 amide bonds. The van der Waals surface area contributed by atoms with Crippen molar-refractivity contribution in [2.24, 2.45) is 5.73 Å². The fourth-order valence-corrected chi connectivity index (χ4v) is 4.70. The number of benzene rings is 2. The van der Waals surface area contributed by atoms with Gasteiger partial charge < -0.3 is 30.6 Å². The molecular weight excluding hydrogens is 404 g/mol. The van der Waals surface area contributed by atoms with Gasteiger partial charge in [-0.1, -0.05) is 18.2 Å². The first-order chi connectivity index (χ1) is 15.6. The molecule has 5 N–H and O–H groups in total. The second kappa shape index (κ2) is 8.55. The molecule has 166 valence electrons. The Bertz CT molecular complexity index is 1110. The van der Waals surface area contributed by atoms with Gasteiger partial charge in [0.2, 0.25) is 0 Å². The molecule has 0 spiro atoms. The number of nitrogens with two attached hydrogens (primary N) is 1.